The molecule has 21 heavy (non-hydrogen) atoms. The molecule has 2 aliphatic heterocycles. The minimum atomic E-state index is -1.25. The summed E-state index contributed by atoms with van der Waals surface area (Å²) in [6.07, 6.45) is 1.19. The number of carboxylic acids is 1. The van der Waals surface area contributed by atoms with Crippen molar-refractivity contribution < 1.29 is 19.0 Å². The molecule has 0 spiro atoms. The molecule has 114 valence electrons. The number of anilines is 2. The molecule has 5 nitrogen and oxygen atoms in total. The monoisotopic (exact) mass is 294 g/mol. The third kappa shape index (κ3) is 2.44. The van der Waals surface area contributed by atoms with Crippen molar-refractivity contribution in [1.29, 1.82) is 0 Å². The summed E-state index contributed by atoms with van der Waals surface area (Å²) < 4.78 is 19.3. The minimum Gasteiger partial charge on any atom is -0.478 e. The lowest BCUT2D eigenvalue weighted by atomic mass is 10.1. The third-order valence-electron chi connectivity index (χ3n) is 4.09. The molecule has 0 radical (unpaired) electrons. The van der Waals surface area contributed by atoms with Crippen molar-refractivity contribution in [3.63, 3.8) is 0 Å². The molecule has 1 saturated heterocycles. The Morgan fingerprint density at radius 3 is 2.81 bits per heavy atom. The molecular weight excluding hydrogens is 275 g/mol. The Morgan fingerprint density at radius 2 is 2.29 bits per heavy atom. The van der Waals surface area contributed by atoms with Gasteiger partial charge in [0.2, 0.25) is 0 Å². The second kappa shape index (κ2) is 5.18. The van der Waals surface area contributed by atoms with E-state index in [4.69, 9.17) is 9.84 Å². The van der Waals surface area contributed by atoms with Crippen molar-refractivity contribution in [2.24, 2.45) is 5.92 Å². The Hall–Kier alpha value is -1.82. The van der Waals surface area contributed by atoms with Crippen LogP contribution in [0.5, 0.6) is 0 Å². The number of ether oxygens (including phenoxy) is 1. The number of fused-ring (bicyclic) bond motifs is 1. The van der Waals surface area contributed by atoms with E-state index < -0.39 is 11.8 Å². The number of hydrogen-bond acceptors (Lipinski definition) is 4. The molecule has 1 aromatic rings. The number of rotatable bonds is 4. The highest BCUT2D eigenvalue weighted by molar-refractivity contribution is 5.92. The Kier molecular flexibility index (Phi) is 3.49. The van der Waals surface area contributed by atoms with Gasteiger partial charge in [-0.15, -0.1) is 0 Å². The maximum Gasteiger partial charge on any atom is 0.338 e. The van der Waals surface area contributed by atoms with Crippen LogP contribution in [0.3, 0.4) is 0 Å². The summed E-state index contributed by atoms with van der Waals surface area (Å²) in [5, 5.41) is 12.4. The van der Waals surface area contributed by atoms with Crippen molar-refractivity contribution in [3.05, 3.63) is 23.5 Å². The first-order valence-corrected chi connectivity index (χ1v) is 7.19. The molecule has 0 aromatic heterocycles. The molecule has 1 fully saturated rings. The lowest BCUT2D eigenvalue weighted by Crippen LogP contribution is -2.47. The van der Waals surface area contributed by atoms with Gasteiger partial charge in [0, 0.05) is 19.2 Å². The second-order valence-corrected chi connectivity index (χ2v) is 5.92. The van der Waals surface area contributed by atoms with Crippen molar-refractivity contribution in [2.45, 2.75) is 32.5 Å². The fourth-order valence-electron chi connectivity index (χ4n) is 2.85. The van der Waals surface area contributed by atoms with E-state index in [-0.39, 0.29) is 17.8 Å². The Balaban J connectivity index is 1.97. The van der Waals surface area contributed by atoms with Crippen LogP contribution < -0.4 is 10.2 Å². The van der Waals surface area contributed by atoms with Crippen molar-refractivity contribution in [2.75, 3.05) is 23.4 Å². The maximum absolute atomic E-state index is 13.8. The summed E-state index contributed by atoms with van der Waals surface area (Å²) in [4.78, 5) is 13.2. The average Bonchev–Trinajstić information content (AvgIpc) is 2.70. The first kappa shape index (κ1) is 14.1. The van der Waals surface area contributed by atoms with Crippen LogP contribution in [0.2, 0.25) is 0 Å². The van der Waals surface area contributed by atoms with Crippen molar-refractivity contribution in [3.8, 4) is 0 Å². The van der Waals surface area contributed by atoms with E-state index >= 15 is 0 Å². The standard InChI is InChI=1S/C15H19FN2O3/c1-8(2)14-17-12-6-11(16)10(15(19)20)5-13(12)18(14)7-9-3-4-21-9/h5-6,8-9,14,17H,3-4,7H2,1-2H3,(H,19,20)/t9-,14?/m0/s1. The summed E-state index contributed by atoms with van der Waals surface area (Å²) in [6.45, 7) is 5.61. The zero-order chi connectivity index (χ0) is 15.1. The van der Waals surface area contributed by atoms with Gasteiger partial charge in [-0.3, -0.25) is 0 Å². The highest BCUT2D eigenvalue weighted by Crippen LogP contribution is 2.39. The zero-order valence-corrected chi connectivity index (χ0v) is 12.1. The van der Waals surface area contributed by atoms with Crippen LogP contribution in [0, 0.1) is 11.7 Å². The van der Waals surface area contributed by atoms with Crippen molar-refractivity contribution >= 4 is 17.3 Å². The van der Waals surface area contributed by atoms with E-state index in [0.29, 0.717) is 18.2 Å². The Morgan fingerprint density at radius 1 is 1.57 bits per heavy atom. The van der Waals surface area contributed by atoms with E-state index in [1.807, 2.05) is 0 Å². The molecular formula is C15H19FN2O3. The molecule has 1 unspecified atom stereocenters. The van der Waals surface area contributed by atoms with Gasteiger partial charge in [-0.2, -0.15) is 0 Å². The summed E-state index contributed by atoms with van der Waals surface area (Å²) in [7, 11) is 0. The van der Waals surface area contributed by atoms with Crippen LogP contribution in [-0.2, 0) is 4.74 Å². The lowest BCUT2D eigenvalue weighted by molar-refractivity contribution is -0.0452. The SMILES string of the molecule is CC(C)C1Nc2cc(F)c(C(=O)O)cc2N1C[C@@H]1CCO1. The number of benzene rings is 1. The van der Waals surface area contributed by atoms with E-state index in [2.05, 4.69) is 24.1 Å². The number of nitrogens with zero attached hydrogens (tertiary/aromatic N) is 1. The topological polar surface area (TPSA) is 61.8 Å². The fourth-order valence-corrected chi connectivity index (χ4v) is 2.85. The van der Waals surface area contributed by atoms with Gasteiger partial charge < -0.3 is 20.1 Å². The van der Waals surface area contributed by atoms with Gasteiger partial charge in [0.25, 0.3) is 0 Å². The Bertz CT molecular complexity index is 572. The number of carbonyl (C=O) groups is 1. The smallest absolute Gasteiger partial charge is 0.338 e. The van der Waals surface area contributed by atoms with Crippen molar-refractivity contribution in [1.82, 2.24) is 0 Å². The first-order chi connectivity index (χ1) is 9.97. The van der Waals surface area contributed by atoms with Crippen LogP contribution >= 0.6 is 0 Å². The van der Waals surface area contributed by atoms with E-state index in [9.17, 15) is 9.18 Å². The predicted molar refractivity (Wildman–Crippen MR) is 77.3 cm³/mol. The normalized spacial score (nSPS) is 23.7. The second-order valence-electron chi connectivity index (χ2n) is 5.92. The van der Waals surface area contributed by atoms with Gasteiger partial charge in [-0.1, -0.05) is 13.8 Å². The van der Waals surface area contributed by atoms with Gasteiger partial charge in [-0.05, 0) is 18.4 Å². The highest BCUT2D eigenvalue weighted by atomic mass is 19.1. The first-order valence-electron chi connectivity index (χ1n) is 7.19. The maximum atomic E-state index is 13.8. The molecule has 2 atom stereocenters. The summed E-state index contributed by atoms with van der Waals surface area (Å²) in [5.41, 5.74) is 1.10. The van der Waals surface area contributed by atoms with Gasteiger partial charge in [0.15, 0.2) is 0 Å². The minimum absolute atomic E-state index is 0.0210. The Labute approximate surface area is 122 Å². The van der Waals surface area contributed by atoms with E-state index in [1.54, 1.807) is 0 Å². The molecule has 0 bridgehead atoms. The van der Waals surface area contributed by atoms with Crippen LogP contribution in [0.1, 0.15) is 30.6 Å². The van der Waals surface area contributed by atoms with E-state index in [0.717, 1.165) is 18.7 Å². The average molecular weight is 294 g/mol. The van der Waals surface area contributed by atoms with Gasteiger partial charge >= 0.3 is 5.97 Å². The molecule has 1 aromatic carbocycles. The van der Waals surface area contributed by atoms with Crippen LogP contribution in [-0.4, -0.2) is 36.5 Å². The summed E-state index contributed by atoms with van der Waals surface area (Å²) in [6, 6.07) is 2.69. The molecule has 2 N–H and O–H groups in total. The number of aromatic carboxylic acids is 1. The molecule has 6 heteroatoms. The third-order valence-corrected chi connectivity index (χ3v) is 4.09. The largest absolute Gasteiger partial charge is 0.478 e. The summed E-state index contributed by atoms with van der Waals surface area (Å²) >= 11 is 0. The highest BCUT2D eigenvalue weighted by Gasteiger charge is 2.35. The lowest BCUT2D eigenvalue weighted by Gasteiger charge is -2.36. The molecule has 0 saturated carbocycles. The van der Waals surface area contributed by atoms with Gasteiger partial charge in [0.05, 0.1) is 23.0 Å². The van der Waals surface area contributed by atoms with Crippen LogP contribution in [0.15, 0.2) is 12.1 Å². The number of carboxylic acid groups (broad SMARTS) is 1. The van der Waals surface area contributed by atoms with Gasteiger partial charge in [-0.25, -0.2) is 9.18 Å². The molecule has 2 heterocycles. The number of nitrogens with one attached hydrogen (secondary N) is 1. The molecule has 2 aliphatic rings. The summed E-state index contributed by atoms with van der Waals surface area (Å²) in [5.74, 6) is -1.66. The zero-order valence-electron chi connectivity index (χ0n) is 12.1. The predicted octanol–water partition coefficient (Wildman–Crippen LogP) is 2.53. The van der Waals surface area contributed by atoms with Gasteiger partial charge in [0.1, 0.15) is 12.0 Å². The number of hydrogen-bond donors (Lipinski definition) is 2. The fraction of sp³-hybridized carbons (Fsp3) is 0.533. The number of halogens is 1. The molecule has 0 aliphatic carbocycles. The quantitative estimate of drug-likeness (QED) is 0.893. The van der Waals surface area contributed by atoms with E-state index in [1.165, 1.54) is 12.1 Å². The van der Waals surface area contributed by atoms with Crippen LogP contribution in [0.4, 0.5) is 15.8 Å². The molecule has 3 rings (SSSR count). The van der Waals surface area contributed by atoms with Crippen LogP contribution in [0.25, 0.3) is 0 Å². The molecule has 0 amide bonds.